The van der Waals surface area contributed by atoms with Crippen LogP contribution in [0.1, 0.15) is 24.8 Å². The fourth-order valence-corrected chi connectivity index (χ4v) is 2.61. The molecule has 120 valence electrons. The minimum atomic E-state index is -0.904. The van der Waals surface area contributed by atoms with Crippen LogP contribution in [0.4, 0.5) is 8.78 Å². The maximum atomic E-state index is 14.2. The maximum Gasteiger partial charge on any atom is 0.311 e. The van der Waals surface area contributed by atoms with Gasteiger partial charge in [-0.2, -0.15) is 0 Å². The third kappa shape index (κ3) is 3.18. The Balaban J connectivity index is 2.41. The number of carbonyl (C=O) groups is 2. The second-order valence-corrected chi connectivity index (χ2v) is 4.98. The van der Waals surface area contributed by atoms with Gasteiger partial charge < -0.3 is 14.8 Å². The number of ether oxygens (including phenoxy) is 2. The van der Waals surface area contributed by atoms with Gasteiger partial charge in [0.15, 0.2) is 0 Å². The number of hydrogen-bond donors (Lipinski definition) is 1. The van der Waals surface area contributed by atoms with Gasteiger partial charge in [-0.3, -0.25) is 9.59 Å². The van der Waals surface area contributed by atoms with E-state index in [4.69, 9.17) is 9.47 Å². The van der Waals surface area contributed by atoms with Crippen molar-refractivity contribution < 1.29 is 27.8 Å². The van der Waals surface area contributed by atoms with Gasteiger partial charge in [-0.15, -0.1) is 0 Å². The van der Waals surface area contributed by atoms with Crippen LogP contribution >= 0.6 is 0 Å². The van der Waals surface area contributed by atoms with E-state index in [9.17, 15) is 18.4 Å². The second kappa shape index (κ2) is 6.72. The lowest BCUT2D eigenvalue weighted by molar-refractivity contribution is -0.150. The van der Waals surface area contributed by atoms with Crippen LogP contribution in [0, 0.1) is 17.6 Å². The number of methoxy groups -OCH3 is 1. The zero-order chi connectivity index (χ0) is 16.3. The van der Waals surface area contributed by atoms with Crippen LogP contribution in [0.3, 0.4) is 0 Å². The van der Waals surface area contributed by atoms with Crippen LogP contribution in [0.25, 0.3) is 0 Å². The third-order valence-electron chi connectivity index (χ3n) is 3.66. The molecule has 0 bridgehead atoms. The van der Waals surface area contributed by atoms with Crippen LogP contribution in [-0.2, 0) is 14.3 Å². The van der Waals surface area contributed by atoms with Crippen LogP contribution in [0.2, 0.25) is 0 Å². The number of piperidine rings is 1. The molecule has 1 aromatic rings. The van der Waals surface area contributed by atoms with E-state index < -0.39 is 29.4 Å². The Kier molecular flexibility index (Phi) is 4.95. The van der Waals surface area contributed by atoms with Crippen molar-refractivity contribution in [2.45, 2.75) is 19.3 Å². The molecule has 1 aliphatic heterocycles. The molecule has 0 aromatic heterocycles. The molecular formula is C15H17F2NO4. The largest absolute Gasteiger partial charge is 0.497 e. The smallest absolute Gasteiger partial charge is 0.311 e. The summed E-state index contributed by atoms with van der Waals surface area (Å²) in [5.74, 6) is -4.32. The van der Waals surface area contributed by atoms with Gasteiger partial charge >= 0.3 is 5.97 Å². The van der Waals surface area contributed by atoms with Crippen molar-refractivity contribution in [2.75, 3.05) is 20.3 Å². The van der Waals surface area contributed by atoms with Gasteiger partial charge in [0, 0.05) is 36.6 Å². The minimum Gasteiger partial charge on any atom is -0.497 e. The first-order valence-electron chi connectivity index (χ1n) is 6.94. The minimum absolute atomic E-state index is 0.00670. The molecule has 0 aliphatic carbocycles. The van der Waals surface area contributed by atoms with E-state index in [0.29, 0.717) is 0 Å². The van der Waals surface area contributed by atoms with Gasteiger partial charge in [-0.05, 0) is 6.92 Å². The zero-order valence-corrected chi connectivity index (χ0v) is 12.3. The quantitative estimate of drug-likeness (QED) is 0.860. The van der Waals surface area contributed by atoms with E-state index >= 15 is 0 Å². The summed E-state index contributed by atoms with van der Waals surface area (Å²) >= 11 is 0. The first-order valence-corrected chi connectivity index (χ1v) is 6.94. The van der Waals surface area contributed by atoms with E-state index in [0.717, 1.165) is 12.1 Å². The molecule has 1 N–H and O–H groups in total. The molecule has 1 heterocycles. The predicted octanol–water partition coefficient (Wildman–Crippen LogP) is 1.76. The summed E-state index contributed by atoms with van der Waals surface area (Å²) in [5.41, 5.74) is -0.284. The van der Waals surface area contributed by atoms with Crippen molar-refractivity contribution in [3.8, 4) is 5.75 Å². The van der Waals surface area contributed by atoms with Gasteiger partial charge in [-0.25, -0.2) is 8.78 Å². The van der Waals surface area contributed by atoms with Gasteiger partial charge in [0.1, 0.15) is 17.4 Å². The molecule has 0 unspecified atom stereocenters. The first-order chi connectivity index (χ1) is 10.5. The summed E-state index contributed by atoms with van der Waals surface area (Å²) < 4.78 is 38.2. The molecule has 0 radical (unpaired) electrons. The topological polar surface area (TPSA) is 64.6 Å². The van der Waals surface area contributed by atoms with E-state index in [1.165, 1.54) is 7.11 Å². The predicted molar refractivity (Wildman–Crippen MR) is 73.4 cm³/mol. The molecule has 1 amide bonds. The van der Waals surface area contributed by atoms with Crippen molar-refractivity contribution in [3.05, 3.63) is 29.3 Å². The van der Waals surface area contributed by atoms with Crippen molar-refractivity contribution in [1.29, 1.82) is 0 Å². The average molecular weight is 313 g/mol. The van der Waals surface area contributed by atoms with Crippen LogP contribution < -0.4 is 10.1 Å². The van der Waals surface area contributed by atoms with Crippen molar-refractivity contribution in [1.82, 2.24) is 5.32 Å². The van der Waals surface area contributed by atoms with E-state index in [1.54, 1.807) is 6.92 Å². The summed E-state index contributed by atoms with van der Waals surface area (Å²) in [6.45, 7) is 1.79. The van der Waals surface area contributed by atoms with Gasteiger partial charge in [0.25, 0.3) is 0 Å². The fraction of sp³-hybridized carbons (Fsp3) is 0.467. The number of esters is 1. The molecule has 2 rings (SSSR count). The molecule has 1 aliphatic rings. The zero-order valence-electron chi connectivity index (χ0n) is 12.3. The molecule has 22 heavy (non-hydrogen) atoms. The van der Waals surface area contributed by atoms with Crippen LogP contribution in [0.15, 0.2) is 12.1 Å². The summed E-state index contributed by atoms with van der Waals surface area (Å²) in [5, 5.41) is 2.52. The number of benzene rings is 1. The van der Waals surface area contributed by atoms with E-state index in [2.05, 4.69) is 5.32 Å². The molecule has 7 heteroatoms. The lowest BCUT2D eigenvalue weighted by Gasteiger charge is -2.30. The highest BCUT2D eigenvalue weighted by molar-refractivity contribution is 5.83. The summed E-state index contributed by atoms with van der Waals surface area (Å²) in [4.78, 5) is 23.6. The molecule has 0 spiro atoms. The SMILES string of the molecule is CCOC(=O)[C@@H]1CNC(=O)C[C@H]1c1c(F)cc(OC)cc1F. The van der Waals surface area contributed by atoms with Crippen molar-refractivity contribution in [3.63, 3.8) is 0 Å². The Bertz CT molecular complexity index is 568. The van der Waals surface area contributed by atoms with Crippen molar-refractivity contribution >= 4 is 11.9 Å². The number of hydrogen-bond acceptors (Lipinski definition) is 4. The Morgan fingerprint density at radius 2 is 2.00 bits per heavy atom. The monoisotopic (exact) mass is 313 g/mol. The average Bonchev–Trinajstić information content (AvgIpc) is 2.46. The molecule has 0 saturated carbocycles. The number of nitrogens with one attached hydrogen (secondary N) is 1. The summed E-state index contributed by atoms with van der Waals surface area (Å²) in [6, 6.07) is 2.07. The van der Waals surface area contributed by atoms with Gasteiger partial charge in [0.05, 0.1) is 19.6 Å². The first kappa shape index (κ1) is 16.2. The van der Waals surface area contributed by atoms with Crippen LogP contribution in [-0.4, -0.2) is 32.1 Å². The van der Waals surface area contributed by atoms with Gasteiger partial charge in [-0.1, -0.05) is 0 Å². The lowest BCUT2D eigenvalue weighted by atomic mass is 9.80. The third-order valence-corrected chi connectivity index (χ3v) is 3.66. The molecular weight excluding hydrogens is 296 g/mol. The van der Waals surface area contributed by atoms with E-state index in [1.807, 2.05) is 0 Å². The fourth-order valence-electron chi connectivity index (χ4n) is 2.61. The number of amides is 1. The molecule has 1 aromatic carbocycles. The molecule has 2 atom stereocenters. The lowest BCUT2D eigenvalue weighted by Crippen LogP contribution is -2.44. The highest BCUT2D eigenvalue weighted by atomic mass is 19.1. The molecule has 1 saturated heterocycles. The van der Waals surface area contributed by atoms with Gasteiger partial charge in [0.2, 0.25) is 5.91 Å². The Morgan fingerprint density at radius 1 is 1.36 bits per heavy atom. The normalized spacial score (nSPS) is 21.2. The number of rotatable bonds is 4. The highest BCUT2D eigenvalue weighted by Gasteiger charge is 2.39. The second-order valence-electron chi connectivity index (χ2n) is 4.98. The Hall–Kier alpha value is -2.18. The molecule has 1 fully saturated rings. The van der Waals surface area contributed by atoms with Crippen molar-refractivity contribution in [2.24, 2.45) is 5.92 Å². The highest BCUT2D eigenvalue weighted by Crippen LogP contribution is 2.36. The standard InChI is InChI=1S/C15H17F2NO4/c1-3-22-15(20)10-7-18-13(19)6-9(10)14-11(16)4-8(21-2)5-12(14)17/h4-5,9-10H,3,6-7H2,1-2H3,(H,18,19)/t9-,10-/m1/s1. The number of carbonyl (C=O) groups excluding carboxylic acids is 2. The summed E-state index contributed by atoms with van der Waals surface area (Å²) in [6.07, 6.45) is -0.177. The van der Waals surface area contributed by atoms with E-state index in [-0.39, 0.29) is 36.8 Å². The maximum absolute atomic E-state index is 14.2. The Morgan fingerprint density at radius 3 is 2.55 bits per heavy atom. The van der Waals surface area contributed by atoms with Crippen LogP contribution in [0.5, 0.6) is 5.75 Å². The summed E-state index contributed by atoms with van der Waals surface area (Å²) in [7, 11) is 1.29. The Labute approximate surface area is 126 Å². The number of halogens is 2. The molecule has 5 nitrogen and oxygen atoms in total.